The minimum Gasteiger partial charge on any atom is -0.477 e. The molecule has 0 saturated heterocycles. The van der Waals surface area contributed by atoms with Gasteiger partial charge in [0.15, 0.2) is 6.10 Å². The van der Waals surface area contributed by atoms with Gasteiger partial charge < -0.3 is 28.5 Å². The highest BCUT2D eigenvalue weighted by molar-refractivity contribution is 5.71. The molecule has 0 rings (SSSR count). The maximum atomic E-state index is 12.7. The number of carboxylic acid groups (broad SMARTS) is 1. The van der Waals surface area contributed by atoms with E-state index in [4.69, 9.17) is 18.9 Å². The van der Waals surface area contributed by atoms with E-state index in [0.29, 0.717) is 17.4 Å². The molecule has 0 aromatic heterocycles. The molecule has 9 heteroatoms. The molecule has 55 heavy (non-hydrogen) atoms. The Morgan fingerprint density at radius 1 is 0.564 bits per heavy atom. The van der Waals surface area contributed by atoms with Gasteiger partial charge in [-0.05, 0) is 70.6 Å². The number of allylic oxidation sites excluding steroid dienone is 12. The standard InChI is InChI=1S/C46H77NO8/c1-6-8-10-12-14-16-18-20-21-22-23-25-26-28-30-32-34-36-43(48)53-40-42(41-54-46(45(50)51)52-39-38-47(3,4)5)55-44(49)37-35-33-31-29-27-24-19-17-15-13-11-9-7-2/h9,11,14-17,20-21,24,27,31,33,42,46H,6-8,10,12-13,18-19,22-23,25-26,28-30,32,34-41H2,1-5H3/p+1/b11-9-,16-14-,17-15-,21-20-,27-24-,33-31-. The number of quaternary nitrogens is 1. The number of unbranched alkanes of at least 4 members (excludes halogenated alkanes) is 10. The van der Waals surface area contributed by atoms with Crippen LogP contribution in [0.25, 0.3) is 0 Å². The number of carboxylic acids is 1. The summed E-state index contributed by atoms with van der Waals surface area (Å²) in [4.78, 5) is 37.0. The van der Waals surface area contributed by atoms with Crippen LogP contribution in [0.4, 0.5) is 0 Å². The Balaban J connectivity index is 4.57. The third-order valence-electron chi connectivity index (χ3n) is 8.46. The van der Waals surface area contributed by atoms with E-state index < -0.39 is 24.3 Å². The molecule has 0 bridgehead atoms. The van der Waals surface area contributed by atoms with Gasteiger partial charge in [-0.15, -0.1) is 0 Å². The van der Waals surface area contributed by atoms with Crippen molar-refractivity contribution in [2.45, 2.75) is 155 Å². The number of hydrogen-bond acceptors (Lipinski definition) is 7. The van der Waals surface area contributed by atoms with Crippen LogP contribution in [0.5, 0.6) is 0 Å². The van der Waals surface area contributed by atoms with Crippen LogP contribution >= 0.6 is 0 Å². The lowest BCUT2D eigenvalue weighted by Crippen LogP contribution is -2.40. The zero-order chi connectivity index (χ0) is 40.7. The van der Waals surface area contributed by atoms with Crippen molar-refractivity contribution in [1.29, 1.82) is 0 Å². The average Bonchev–Trinajstić information content (AvgIpc) is 3.14. The minimum absolute atomic E-state index is 0.134. The molecule has 0 saturated carbocycles. The second kappa shape index (κ2) is 37.6. The van der Waals surface area contributed by atoms with Gasteiger partial charge in [-0.25, -0.2) is 4.79 Å². The Hall–Kier alpha value is -3.27. The summed E-state index contributed by atoms with van der Waals surface area (Å²) < 4.78 is 22.6. The van der Waals surface area contributed by atoms with Crippen molar-refractivity contribution in [3.63, 3.8) is 0 Å². The molecule has 0 fully saturated rings. The molecule has 2 atom stereocenters. The summed E-state index contributed by atoms with van der Waals surface area (Å²) in [6.07, 6.45) is 42.6. The van der Waals surface area contributed by atoms with E-state index >= 15 is 0 Å². The van der Waals surface area contributed by atoms with Gasteiger partial charge in [-0.2, -0.15) is 0 Å². The molecular weight excluding hydrogens is 695 g/mol. The first kappa shape index (κ1) is 51.7. The van der Waals surface area contributed by atoms with Crippen LogP contribution in [-0.4, -0.2) is 87.4 Å². The molecule has 314 valence electrons. The van der Waals surface area contributed by atoms with E-state index in [1.807, 2.05) is 33.3 Å². The predicted molar refractivity (Wildman–Crippen MR) is 226 cm³/mol. The smallest absolute Gasteiger partial charge is 0.361 e. The summed E-state index contributed by atoms with van der Waals surface area (Å²) in [5.41, 5.74) is 0. The first-order valence-electron chi connectivity index (χ1n) is 21.1. The van der Waals surface area contributed by atoms with Crippen molar-refractivity contribution in [2.24, 2.45) is 0 Å². The molecule has 0 radical (unpaired) electrons. The van der Waals surface area contributed by atoms with Crippen LogP contribution < -0.4 is 0 Å². The van der Waals surface area contributed by atoms with Crippen molar-refractivity contribution < 1.29 is 42.9 Å². The highest BCUT2D eigenvalue weighted by Crippen LogP contribution is 2.12. The number of likely N-dealkylation sites (N-methyl/N-ethyl adjacent to an activating group) is 1. The Kier molecular flexibility index (Phi) is 35.4. The maximum absolute atomic E-state index is 12.7. The van der Waals surface area contributed by atoms with Gasteiger partial charge in [0.25, 0.3) is 6.29 Å². The van der Waals surface area contributed by atoms with Crippen molar-refractivity contribution in [3.05, 3.63) is 72.9 Å². The summed E-state index contributed by atoms with van der Waals surface area (Å²) in [6.45, 7) is 4.60. The first-order chi connectivity index (χ1) is 26.6. The number of hydrogen-bond donors (Lipinski definition) is 1. The number of nitrogens with zero attached hydrogens (tertiary/aromatic N) is 1. The van der Waals surface area contributed by atoms with Crippen LogP contribution in [-0.2, 0) is 33.3 Å². The summed E-state index contributed by atoms with van der Waals surface area (Å²) in [5.74, 6) is -2.14. The second-order valence-corrected chi connectivity index (χ2v) is 14.9. The highest BCUT2D eigenvalue weighted by Gasteiger charge is 2.25. The largest absolute Gasteiger partial charge is 0.477 e. The van der Waals surface area contributed by atoms with E-state index in [-0.39, 0.29) is 38.6 Å². The zero-order valence-corrected chi connectivity index (χ0v) is 35.3. The summed E-state index contributed by atoms with van der Waals surface area (Å²) in [5, 5.41) is 9.61. The molecule has 0 aromatic carbocycles. The van der Waals surface area contributed by atoms with E-state index in [9.17, 15) is 19.5 Å². The molecule has 0 amide bonds. The molecule has 0 aliphatic carbocycles. The molecule has 0 heterocycles. The Morgan fingerprint density at radius 3 is 1.62 bits per heavy atom. The van der Waals surface area contributed by atoms with Gasteiger partial charge in [0.1, 0.15) is 13.2 Å². The van der Waals surface area contributed by atoms with E-state index in [2.05, 4.69) is 74.6 Å². The van der Waals surface area contributed by atoms with Crippen LogP contribution in [0.2, 0.25) is 0 Å². The normalized spacial score (nSPS) is 13.7. The fraction of sp³-hybridized carbons (Fsp3) is 0.674. The van der Waals surface area contributed by atoms with Crippen molar-refractivity contribution in [2.75, 3.05) is 47.5 Å². The molecular formula is C46H78NO8+. The average molecular weight is 773 g/mol. The van der Waals surface area contributed by atoms with Gasteiger partial charge in [0.05, 0.1) is 34.4 Å². The lowest BCUT2D eigenvalue weighted by atomic mass is 10.1. The Morgan fingerprint density at radius 2 is 1.07 bits per heavy atom. The lowest BCUT2D eigenvalue weighted by molar-refractivity contribution is -0.870. The van der Waals surface area contributed by atoms with Crippen molar-refractivity contribution in [3.8, 4) is 0 Å². The maximum Gasteiger partial charge on any atom is 0.361 e. The van der Waals surface area contributed by atoms with Gasteiger partial charge in [-0.3, -0.25) is 9.59 Å². The highest BCUT2D eigenvalue weighted by atomic mass is 16.7. The lowest BCUT2D eigenvalue weighted by Gasteiger charge is -2.25. The second-order valence-electron chi connectivity index (χ2n) is 14.9. The van der Waals surface area contributed by atoms with Gasteiger partial charge >= 0.3 is 17.9 Å². The van der Waals surface area contributed by atoms with Gasteiger partial charge in [0, 0.05) is 12.8 Å². The fourth-order valence-corrected chi connectivity index (χ4v) is 5.17. The monoisotopic (exact) mass is 773 g/mol. The number of aliphatic carboxylic acids is 1. The molecule has 0 spiro atoms. The first-order valence-corrected chi connectivity index (χ1v) is 21.1. The van der Waals surface area contributed by atoms with Gasteiger partial charge in [0.2, 0.25) is 0 Å². The Bertz CT molecular complexity index is 1130. The molecule has 9 nitrogen and oxygen atoms in total. The number of carbonyl (C=O) groups excluding carboxylic acids is 2. The quantitative estimate of drug-likeness (QED) is 0.0219. The van der Waals surface area contributed by atoms with Crippen molar-refractivity contribution >= 4 is 17.9 Å². The molecule has 2 unspecified atom stereocenters. The number of ether oxygens (including phenoxy) is 4. The topological polar surface area (TPSA) is 108 Å². The predicted octanol–water partition coefficient (Wildman–Crippen LogP) is 10.8. The number of carbonyl (C=O) groups is 3. The third-order valence-corrected chi connectivity index (χ3v) is 8.46. The fourth-order valence-electron chi connectivity index (χ4n) is 5.17. The number of rotatable bonds is 37. The van der Waals surface area contributed by atoms with Crippen molar-refractivity contribution in [1.82, 2.24) is 0 Å². The van der Waals surface area contributed by atoms with Crippen LogP contribution in [0.3, 0.4) is 0 Å². The summed E-state index contributed by atoms with van der Waals surface area (Å²) in [7, 11) is 5.92. The minimum atomic E-state index is -1.53. The zero-order valence-electron chi connectivity index (χ0n) is 35.3. The third kappa shape index (κ3) is 38.8. The Labute approximate surface area is 335 Å². The molecule has 1 N–H and O–H groups in total. The van der Waals surface area contributed by atoms with E-state index in [1.165, 1.54) is 44.9 Å². The van der Waals surface area contributed by atoms with E-state index in [0.717, 1.165) is 64.2 Å². The summed E-state index contributed by atoms with van der Waals surface area (Å²) >= 11 is 0. The molecule has 0 aliphatic heterocycles. The van der Waals surface area contributed by atoms with Crippen LogP contribution in [0, 0.1) is 0 Å². The summed E-state index contributed by atoms with van der Waals surface area (Å²) in [6, 6.07) is 0. The molecule has 0 aromatic rings. The SMILES string of the molecule is CC/C=C\C/C=C\C/C=C\C/C=C\CCC(=O)OC(COC(=O)CCCCCCCCC/C=C\C/C=C\CCCCC)COC(OCC[N+](C)(C)C)C(=O)O. The van der Waals surface area contributed by atoms with Crippen LogP contribution in [0.15, 0.2) is 72.9 Å². The number of esters is 2. The van der Waals surface area contributed by atoms with E-state index in [1.54, 1.807) is 0 Å². The van der Waals surface area contributed by atoms with Gasteiger partial charge in [-0.1, -0.05) is 132 Å². The van der Waals surface area contributed by atoms with Crippen LogP contribution in [0.1, 0.15) is 142 Å². The molecule has 0 aliphatic rings.